The molecule has 0 aromatic heterocycles. The Morgan fingerprint density at radius 2 is 2.20 bits per heavy atom. The second-order valence-electron chi connectivity index (χ2n) is 4.92. The fourth-order valence-corrected chi connectivity index (χ4v) is 1.66. The zero-order valence-electron chi connectivity index (χ0n) is 10.1. The van der Waals surface area contributed by atoms with Gasteiger partial charge in [-0.1, -0.05) is 6.92 Å². The molecule has 1 fully saturated rings. The van der Waals surface area contributed by atoms with E-state index in [0.717, 1.165) is 13.1 Å². The van der Waals surface area contributed by atoms with Crippen molar-refractivity contribution in [1.29, 1.82) is 0 Å². The third-order valence-electron chi connectivity index (χ3n) is 3.10. The van der Waals surface area contributed by atoms with Gasteiger partial charge in [0.05, 0.1) is 11.5 Å². The SMILES string of the molecule is COC(C)(C)CNC(=O)C1CNCC1C. The first-order valence-corrected chi connectivity index (χ1v) is 5.50. The van der Waals surface area contributed by atoms with Gasteiger partial charge in [0.1, 0.15) is 0 Å². The van der Waals surface area contributed by atoms with E-state index in [1.807, 2.05) is 13.8 Å². The van der Waals surface area contributed by atoms with Crippen LogP contribution in [0.3, 0.4) is 0 Å². The lowest BCUT2D eigenvalue weighted by Crippen LogP contribution is -2.43. The Labute approximate surface area is 91.8 Å². The fourth-order valence-electron chi connectivity index (χ4n) is 1.66. The maximum absolute atomic E-state index is 11.8. The molecule has 1 aliphatic heterocycles. The number of rotatable bonds is 4. The minimum atomic E-state index is -0.287. The van der Waals surface area contributed by atoms with E-state index < -0.39 is 0 Å². The molecule has 15 heavy (non-hydrogen) atoms. The monoisotopic (exact) mass is 214 g/mol. The largest absolute Gasteiger partial charge is 0.377 e. The van der Waals surface area contributed by atoms with Crippen molar-refractivity contribution in [3.05, 3.63) is 0 Å². The summed E-state index contributed by atoms with van der Waals surface area (Å²) in [4.78, 5) is 11.8. The number of ether oxygens (including phenoxy) is 1. The van der Waals surface area contributed by atoms with Crippen LogP contribution >= 0.6 is 0 Å². The van der Waals surface area contributed by atoms with Gasteiger partial charge in [-0.15, -0.1) is 0 Å². The Morgan fingerprint density at radius 1 is 1.53 bits per heavy atom. The third-order valence-corrected chi connectivity index (χ3v) is 3.10. The molecule has 1 heterocycles. The van der Waals surface area contributed by atoms with Crippen LogP contribution in [0.15, 0.2) is 0 Å². The van der Waals surface area contributed by atoms with Gasteiger partial charge in [-0.2, -0.15) is 0 Å². The first-order valence-electron chi connectivity index (χ1n) is 5.50. The molecule has 1 aliphatic rings. The van der Waals surface area contributed by atoms with Crippen molar-refractivity contribution in [3.63, 3.8) is 0 Å². The highest BCUT2D eigenvalue weighted by Crippen LogP contribution is 2.16. The molecule has 0 aromatic rings. The molecule has 2 N–H and O–H groups in total. The van der Waals surface area contributed by atoms with Gasteiger partial charge in [-0.25, -0.2) is 0 Å². The van der Waals surface area contributed by atoms with Crippen LogP contribution < -0.4 is 10.6 Å². The van der Waals surface area contributed by atoms with Crippen LogP contribution in [0.2, 0.25) is 0 Å². The minimum absolute atomic E-state index is 0.109. The topological polar surface area (TPSA) is 50.4 Å². The van der Waals surface area contributed by atoms with Gasteiger partial charge in [-0.3, -0.25) is 4.79 Å². The highest BCUT2D eigenvalue weighted by Gasteiger charge is 2.30. The normalized spacial score (nSPS) is 26.7. The second kappa shape index (κ2) is 4.94. The van der Waals surface area contributed by atoms with Crippen LogP contribution in [-0.4, -0.2) is 38.3 Å². The summed E-state index contributed by atoms with van der Waals surface area (Å²) < 4.78 is 5.25. The Hall–Kier alpha value is -0.610. The molecule has 4 heteroatoms. The molecule has 0 bridgehead atoms. The Morgan fingerprint density at radius 3 is 2.67 bits per heavy atom. The van der Waals surface area contributed by atoms with E-state index >= 15 is 0 Å². The molecule has 0 spiro atoms. The van der Waals surface area contributed by atoms with Gasteiger partial charge in [-0.05, 0) is 26.3 Å². The van der Waals surface area contributed by atoms with Gasteiger partial charge in [0, 0.05) is 20.2 Å². The van der Waals surface area contributed by atoms with E-state index in [4.69, 9.17) is 4.74 Å². The van der Waals surface area contributed by atoms with Crippen molar-refractivity contribution in [1.82, 2.24) is 10.6 Å². The molecule has 0 aromatic carbocycles. The second-order valence-corrected chi connectivity index (χ2v) is 4.92. The first kappa shape index (κ1) is 12.5. The van der Waals surface area contributed by atoms with Crippen LogP contribution in [0, 0.1) is 11.8 Å². The molecule has 1 saturated heterocycles. The van der Waals surface area contributed by atoms with E-state index in [1.54, 1.807) is 7.11 Å². The van der Waals surface area contributed by atoms with Gasteiger partial charge in [0.15, 0.2) is 0 Å². The van der Waals surface area contributed by atoms with Crippen molar-refractivity contribution in [2.24, 2.45) is 11.8 Å². The molecular formula is C11H22N2O2. The van der Waals surface area contributed by atoms with Crippen molar-refractivity contribution in [3.8, 4) is 0 Å². The predicted molar refractivity (Wildman–Crippen MR) is 59.6 cm³/mol. The Bertz CT molecular complexity index is 229. The third kappa shape index (κ3) is 3.47. The van der Waals surface area contributed by atoms with Gasteiger partial charge >= 0.3 is 0 Å². The van der Waals surface area contributed by atoms with E-state index in [2.05, 4.69) is 17.6 Å². The highest BCUT2D eigenvalue weighted by atomic mass is 16.5. The molecule has 2 atom stereocenters. The molecule has 2 unspecified atom stereocenters. The van der Waals surface area contributed by atoms with Crippen LogP contribution in [0.25, 0.3) is 0 Å². The summed E-state index contributed by atoms with van der Waals surface area (Å²) in [5, 5.41) is 6.16. The minimum Gasteiger partial charge on any atom is -0.377 e. The molecule has 88 valence electrons. The molecule has 0 saturated carbocycles. The molecule has 0 aliphatic carbocycles. The maximum atomic E-state index is 11.8. The number of carbonyl (C=O) groups excluding carboxylic acids is 1. The summed E-state index contributed by atoms with van der Waals surface area (Å²) in [5.74, 6) is 0.672. The Kier molecular flexibility index (Phi) is 4.11. The van der Waals surface area contributed by atoms with E-state index in [-0.39, 0.29) is 17.4 Å². The van der Waals surface area contributed by atoms with Gasteiger partial charge in [0.25, 0.3) is 0 Å². The summed E-state index contributed by atoms with van der Waals surface area (Å²) in [5.41, 5.74) is -0.287. The van der Waals surface area contributed by atoms with Crippen LogP contribution in [0.4, 0.5) is 0 Å². The zero-order valence-corrected chi connectivity index (χ0v) is 10.1. The van der Waals surface area contributed by atoms with Gasteiger partial charge < -0.3 is 15.4 Å². The lowest BCUT2D eigenvalue weighted by Gasteiger charge is -2.24. The standard InChI is InChI=1S/C11H22N2O2/c1-8-5-12-6-9(8)10(14)13-7-11(2,3)15-4/h8-9,12H,5-7H2,1-4H3,(H,13,14). The van der Waals surface area contributed by atoms with Crippen molar-refractivity contribution < 1.29 is 9.53 Å². The van der Waals surface area contributed by atoms with Crippen molar-refractivity contribution in [2.45, 2.75) is 26.4 Å². The Balaban J connectivity index is 2.36. The van der Waals surface area contributed by atoms with Crippen LogP contribution in [0.5, 0.6) is 0 Å². The smallest absolute Gasteiger partial charge is 0.224 e. The fraction of sp³-hybridized carbons (Fsp3) is 0.909. The number of methoxy groups -OCH3 is 1. The number of nitrogens with one attached hydrogen (secondary N) is 2. The zero-order chi connectivity index (χ0) is 11.5. The number of amides is 1. The first-order chi connectivity index (χ1) is 6.96. The van der Waals surface area contributed by atoms with E-state index in [1.165, 1.54) is 0 Å². The molecule has 4 nitrogen and oxygen atoms in total. The lowest BCUT2D eigenvalue weighted by atomic mass is 9.97. The summed E-state index contributed by atoms with van der Waals surface area (Å²) in [6.45, 7) is 8.32. The van der Waals surface area contributed by atoms with Crippen LogP contribution in [0.1, 0.15) is 20.8 Å². The predicted octanol–water partition coefficient (Wildman–Crippen LogP) is 0.383. The number of hydrogen-bond donors (Lipinski definition) is 2. The summed E-state index contributed by atoms with van der Waals surface area (Å²) in [7, 11) is 1.66. The van der Waals surface area contributed by atoms with Gasteiger partial charge in [0.2, 0.25) is 5.91 Å². The molecule has 0 radical (unpaired) electrons. The van der Waals surface area contributed by atoms with Crippen molar-refractivity contribution >= 4 is 5.91 Å². The van der Waals surface area contributed by atoms with Crippen molar-refractivity contribution in [2.75, 3.05) is 26.7 Å². The highest BCUT2D eigenvalue weighted by molar-refractivity contribution is 5.79. The van der Waals surface area contributed by atoms with E-state index in [9.17, 15) is 4.79 Å². The average molecular weight is 214 g/mol. The molecule has 1 rings (SSSR count). The average Bonchev–Trinajstić information content (AvgIpc) is 2.61. The summed E-state index contributed by atoms with van der Waals surface area (Å²) in [6.07, 6.45) is 0. The molecular weight excluding hydrogens is 192 g/mol. The number of carbonyl (C=O) groups is 1. The maximum Gasteiger partial charge on any atom is 0.224 e. The lowest BCUT2D eigenvalue weighted by molar-refractivity contribution is -0.126. The summed E-state index contributed by atoms with van der Waals surface area (Å²) >= 11 is 0. The quantitative estimate of drug-likeness (QED) is 0.711. The van der Waals surface area contributed by atoms with Crippen LogP contribution in [-0.2, 0) is 9.53 Å². The number of hydrogen-bond acceptors (Lipinski definition) is 3. The summed E-state index contributed by atoms with van der Waals surface area (Å²) in [6, 6.07) is 0. The molecule has 1 amide bonds. The van der Waals surface area contributed by atoms with E-state index in [0.29, 0.717) is 12.5 Å².